The quantitative estimate of drug-likeness (QED) is 0.796. The monoisotopic (exact) mass is 338 g/mol. The Morgan fingerprint density at radius 1 is 1.16 bits per heavy atom. The normalized spacial score (nSPS) is 22.2. The molecule has 2 aliphatic heterocycles. The van der Waals surface area contributed by atoms with E-state index in [4.69, 9.17) is 4.84 Å². The number of anilines is 1. The van der Waals surface area contributed by atoms with Crippen molar-refractivity contribution in [1.82, 2.24) is 9.78 Å². The standard InChI is InChI=1S/C18H18N4O3/c1-4-11-5-7-12(8-6-11)22-17(23)14-15(20-25-16(14)18(22)24)13-9-21(3)19-10(13)2/h5-9,14,16H,4H2,1-3H3/t14-,16+/m1/s1. The van der Waals surface area contributed by atoms with Crippen LogP contribution < -0.4 is 4.90 Å². The number of amides is 2. The van der Waals surface area contributed by atoms with Crippen LogP contribution in [0.2, 0.25) is 0 Å². The molecule has 0 aliphatic carbocycles. The van der Waals surface area contributed by atoms with Crippen molar-refractivity contribution < 1.29 is 14.4 Å². The number of hydrogen-bond donors (Lipinski definition) is 0. The Morgan fingerprint density at radius 3 is 2.48 bits per heavy atom. The second-order valence-corrected chi connectivity index (χ2v) is 6.31. The van der Waals surface area contributed by atoms with E-state index >= 15 is 0 Å². The van der Waals surface area contributed by atoms with Crippen molar-refractivity contribution in [2.45, 2.75) is 26.4 Å². The summed E-state index contributed by atoms with van der Waals surface area (Å²) < 4.78 is 1.66. The van der Waals surface area contributed by atoms with Gasteiger partial charge in [0.05, 0.1) is 11.4 Å². The predicted octanol–water partition coefficient (Wildman–Crippen LogP) is 1.58. The van der Waals surface area contributed by atoms with E-state index in [1.807, 2.05) is 19.1 Å². The summed E-state index contributed by atoms with van der Waals surface area (Å²) in [6, 6.07) is 7.43. The van der Waals surface area contributed by atoms with Crippen LogP contribution in [0.15, 0.2) is 35.6 Å². The number of oxime groups is 1. The van der Waals surface area contributed by atoms with Crippen molar-refractivity contribution in [3.8, 4) is 0 Å². The molecule has 0 spiro atoms. The fourth-order valence-electron chi connectivity index (χ4n) is 3.39. The maximum absolute atomic E-state index is 13.0. The van der Waals surface area contributed by atoms with Gasteiger partial charge in [-0.25, -0.2) is 4.90 Å². The zero-order chi connectivity index (χ0) is 17.7. The zero-order valence-electron chi connectivity index (χ0n) is 14.3. The lowest BCUT2D eigenvalue weighted by atomic mass is 9.94. The average Bonchev–Trinajstić information content (AvgIpc) is 3.24. The number of imide groups is 1. The molecular formula is C18H18N4O3. The molecule has 7 heteroatoms. The highest BCUT2D eigenvalue weighted by Crippen LogP contribution is 2.35. The van der Waals surface area contributed by atoms with Crippen molar-refractivity contribution in [3.63, 3.8) is 0 Å². The first kappa shape index (κ1) is 15.6. The van der Waals surface area contributed by atoms with E-state index < -0.39 is 12.0 Å². The second kappa shape index (κ2) is 5.54. The van der Waals surface area contributed by atoms with E-state index in [2.05, 4.69) is 17.2 Å². The number of aromatic nitrogens is 2. The van der Waals surface area contributed by atoms with Crippen LogP contribution in [0, 0.1) is 12.8 Å². The first-order valence-corrected chi connectivity index (χ1v) is 8.22. The largest absolute Gasteiger partial charge is 0.381 e. The Balaban J connectivity index is 1.69. The van der Waals surface area contributed by atoms with Gasteiger partial charge in [0.1, 0.15) is 11.6 Å². The summed E-state index contributed by atoms with van der Waals surface area (Å²) in [5.41, 5.74) is 3.66. The van der Waals surface area contributed by atoms with Gasteiger partial charge in [0.15, 0.2) is 0 Å². The topological polar surface area (TPSA) is 76.8 Å². The lowest BCUT2D eigenvalue weighted by molar-refractivity contribution is -0.126. The van der Waals surface area contributed by atoms with Crippen molar-refractivity contribution in [2.75, 3.05) is 4.90 Å². The first-order chi connectivity index (χ1) is 12.0. The molecule has 1 aromatic carbocycles. The lowest BCUT2D eigenvalue weighted by Gasteiger charge is -2.15. The second-order valence-electron chi connectivity index (χ2n) is 6.31. The molecule has 128 valence electrons. The number of carbonyl (C=O) groups is 2. The minimum atomic E-state index is -0.895. The molecule has 2 amide bonds. The highest BCUT2D eigenvalue weighted by Gasteiger charge is 2.56. The van der Waals surface area contributed by atoms with Gasteiger partial charge in [-0.1, -0.05) is 24.2 Å². The molecule has 0 saturated carbocycles. The maximum atomic E-state index is 13.0. The fraction of sp³-hybridized carbons (Fsp3) is 0.333. The van der Waals surface area contributed by atoms with Gasteiger partial charge in [-0.15, -0.1) is 0 Å². The third-order valence-corrected chi connectivity index (χ3v) is 4.70. The first-order valence-electron chi connectivity index (χ1n) is 8.22. The van der Waals surface area contributed by atoms with E-state index in [1.54, 1.807) is 30.1 Å². The van der Waals surface area contributed by atoms with E-state index in [9.17, 15) is 9.59 Å². The van der Waals surface area contributed by atoms with Crippen LogP contribution in [-0.4, -0.2) is 33.4 Å². The van der Waals surface area contributed by atoms with E-state index in [0.29, 0.717) is 11.4 Å². The van der Waals surface area contributed by atoms with Gasteiger partial charge in [-0.05, 0) is 31.0 Å². The molecule has 2 atom stereocenters. The summed E-state index contributed by atoms with van der Waals surface area (Å²) in [6.45, 7) is 3.89. The van der Waals surface area contributed by atoms with Crippen LogP contribution in [0.3, 0.4) is 0 Å². The Kier molecular flexibility index (Phi) is 3.45. The van der Waals surface area contributed by atoms with Crippen LogP contribution in [0.25, 0.3) is 0 Å². The highest BCUT2D eigenvalue weighted by molar-refractivity contribution is 6.32. The van der Waals surface area contributed by atoms with Crippen molar-refractivity contribution >= 4 is 23.2 Å². The SMILES string of the molecule is CCc1ccc(N2C(=O)[C@@H]3C(c4cn(C)nc4C)=NO[C@@H]3C2=O)cc1. The van der Waals surface area contributed by atoms with Gasteiger partial charge in [0.2, 0.25) is 12.0 Å². The smallest absolute Gasteiger partial charge is 0.278 e. The molecular weight excluding hydrogens is 320 g/mol. The minimum Gasteiger partial charge on any atom is -0.381 e. The molecule has 7 nitrogen and oxygen atoms in total. The summed E-state index contributed by atoms with van der Waals surface area (Å²) >= 11 is 0. The van der Waals surface area contributed by atoms with E-state index in [1.165, 1.54) is 4.90 Å². The van der Waals surface area contributed by atoms with Crippen LogP contribution in [0.4, 0.5) is 5.69 Å². The van der Waals surface area contributed by atoms with Gasteiger partial charge in [-0.2, -0.15) is 5.10 Å². The number of hydrogen-bond acceptors (Lipinski definition) is 5. The van der Waals surface area contributed by atoms with Crippen LogP contribution in [-0.2, 0) is 27.9 Å². The third-order valence-electron chi connectivity index (χ3n) is 4.70. The summed E-state index contributed by atoms with van der Waals surface area (Å²) in [5, 5.41) is 8.30. The summed E-state index contributed by atoms with van der Waals surface area (Å²) in [6.07, 6.45) is 1.79. The predicted molar refractivity (Wildman–Crippen MR) is 91.2 cm³/mol. The van der Waals surface area contributed by atoms with E-state index in [-0.39, 0.29) is 11.8 Å². The van der Waals surface area contributed by atoms with Crippen molar-refractivity contribution in [1.29, 1.82) is 0 Å². The Hall–Kier alpha value is -2.96. The Morgan fingerprint density at radius 2 is 1.88 bits per heavy atom. The summed E-state index contributed by atoms with van der Waals surface area (Å²) in [5.74, 6) is -1.40. The molecule has 3 heterocycles. The summed E-state index contributed by atoms with van der Waals surface area (Å²) in [4.78, 5) is 32.2. The number of carbonyl (C=O) groups excluding carboxylic acids is 2. The molecule has 2 aliphatic rings. The molecule has 4 rings (SSSR count). The van der Waals surface area contributed by atoms with Gasteiger partial charge in [0.25, 0.3) is 5.91 Å². The lowest BCUT2D eigenvalue weighted by Crippen LogP contribution is -2.33. The molecule has 25 heavy (non-hydrogen) atoms. The third kappa shape index (κ3) is 2.26. The Bertz CT molecular complexity index is 898. The molecule has 0 bridgehead atoms. The van der Waals surface area contributed by atoms with Crippen molar-refractivity contribution in [2.24, 2.45) is 18.1 Å². The van der Waals surface area contributed by atoms with Gasteiger partial charge < -0.3 is 4.84 Å². The number of aryl methyl sites for hydroxylation is 3. The number of nitrogens with zero attached hydrogens (tertiary/aromatic N) is 4. The fourth-order valence-corrected chi connectivity index (χ4v) is 3.39. The molecule has 2 aromatic rings. The van der Waals surface area contributed by atoms with Crippen LogP contribution in [0.1, 0.15) is 23.7 Å². The minimum absolute atomic E-state index is 0.307. The molecule has 1 saturated heterocycles. The van der Waals surface area contributed by atoms with E-state index in [0.717, 1.165) is 23.2 Å². The Labute approximate surface area is 144 Å². The van der Waals surface area contributed by atoms with Crippen LogP contribution in [0.5, 0.6) is 0 Å². The maximum Gasteiger partial charge on any atom is 0.278 e. The summed E-state index contributed by atoms with van der Waals surface area (Å²) in [7, 11) is 1.80. The van der Waals surface area contributed by atoms with Crippen molar-refractivity contribution in [3.05, 3.63) is 47.3 Å². The number of rotatable bonds is 3. The van der Waals surface area contributed by atoms with Gasteiger partial charge in [-0.3, -0.25) is 14.3 Å². The number of benzene rings is 1. The number of fused-ring (bicyclic) bond motifs is 1. The van der Waals surface area contributed by atoms with Gasteiger partial charge in [0, 0.05) is 18.8 Å². The average molecular weight is 338 g/mol. The molecule has 0 radical (unpaired) electrons. The molecule has 0 unspecified atom stereocenters. The molecule has 0 N–H and O–H groups in total. The van der Waals surface area contributed by atoms with Crippen LogP contribution >= 0.6 is 0 Å². The molecule has 1 aromatic heterocycles. The van der Waals surface area contributed by atoms with Gasteiger partial charge >= 0.3 is 0 Å². The molecule has 1 fully saturated rings. The highest BCUT2D eigenvalue weighted by atomic mass is 16.6. The zero-order valence-corrected chi connectivity index (χ0v) is 14.3.